The topological polar surface area (TPSA) is 106 Å². The number of halogens is 1. The fourth-order valence-corrected chi connectivity index (χ4v) is 2.81. The maximum atomic E-state index is 12.4. The molecule has 1 aliphatic rings. The first-order valence-corrected chi connectivity index (χ1v) is 8.54. The van der Waals surface area contributed by atoms with Gasteiger partial charge in [0.15, 0.2) is 10.4 Å². The molecule has 128 valence electrons. The lowest BCUT2D eigenvalue weighted by Crippen LogP contribution is -2.18. The summed E-state index contributed by atoms with van der Waals surface area (Å²) in [6, 6.07) is 6.40. The number of nitrogens with one attached hydrogen (secondary N) is 2. The first-order valence-electron chi connectivity index (χ1n) is 7.74. The normalized spacial score (nSPS) is 13.8. The Bertz CT molecular complexity index is 1010. The van der Waals surface area contributed by atoms with Gasteiger partial charge in [-0.1, -0.05) is 0 Å². The van der Waals surface area contributed by atoms with Gasteiger partial charge in [-0.05, 0) is 47.8 Å². The van der Waals surface area contributed by atoms with Crippen LogP contribution in [0.3, 0.4) is 0 Å². The lowest BCUT2D eigenvalue weighted by molar-refractivity contribution is 0.0994. The molecule has 25 heavy (non-hydrogen) atoms. The molecule has 0 unspecified atom stereocenters. The van der Waals surface area contributed by atoms with Gasteiger partial charge in [-0.3, -0.25) is 14.6 Å². The maximum Gasteiger partial charge on any atom is 0.292 e. The van der Waals surface area contributed by atoms with Gasteiger partial charge in [-0.15, -0.1) is 0 Å². The summed E-state index contributed by atoms with van der Waals surface area (Å²) < 4.78 is 7.18. The Kier molecular flexibility index (Phi) is 3.79. The van der Waals surface area contributed by atoms with E-state index in [-0.39, 0.29) is 17.3 Å². The second-order valence-electron chi connectivity index (χ2n) is 5.91. The lowest BCUT2D eigenvalue weighted by Gasteiger charge is -2.07. The SMILES string of the molecule is Cc1cc(=O)[nH]c(-n2nc(C3CC3)cc2NC(=O)c2ccc(Br)o2)n1. The van der Waals surface area contributed by atoms with E-state index in [1.165, 1.54) is 10.7 Å². The number of aromatic amines is 1. The second kappa shape index (κ2) is 5.99. The van der Waals surface area contributed by atoms with Crippen LogP contribution in [0.1, 0.15) is 40.7 Å². The number of furan rings is 1. The molecule has 1 amide bonds. The first kappa shape index (κ1) is 15.8. The number of carbonyl (C=O) groups excluding carboxylic acids is 1. The van der Waals surface area contributed by atoms with Crippen molar-refractivity contribution in [2.24, 2.45) is 0 Å². The smallest absolute Gasteiger partial charge is 0.292 e. The minimum atomic E-state index is -0.413. The van der Waals surface area contributed by atoms with Crippen LogP contribution in [0.25, 0.3) is 5.95 Å². The predicted octanol–water partition coefficient (Wildman–Crippen LogP) is 2.75. The molecule has 1 saturated carbocycles. The molecule has 0 saturated heterocycles. The van der Waals surface area contributed by atoms with Crippen LogP contribution in [0.2, 0.25) is 0 Å². The van der Waals surface area contributed by atoms with Gasteiger partial charge in [0.05, 0.1) is 5.69 Å². The molecule has 0 aliphatic heterocycles. The molecule has 0 aromatic carbocycles. The van der Waals surface area contributed by atoms with E-state index in [9.17, 15) is 9.59 Å². The monoisotopic (exact) mass is 403 g/mol. The fraction of sp³-hybridized carbons (Fsp3) is 0.250. The number of nitrogens with zero attached hydrogens (tertiary/aromatic N) is 3. The number of amides is 1. The van der Waals surface area contributed by atoms with Crippen LogP contribution in [-0.4, -0.2) is 25.7 Å². The molecule has 4 rings (SSSR count). The molecule has 9 heteroatoms. The number of rotatable bonds is 4. The van der Waals surface area contributed by atoms with E-state index in [4.69, 9.17) is 4.42 Å². The van der Waals surface area contributed by atoms with Crippen molar-refractivity contribution in [3.05, 3.63) is 56.4 Å². The minimum absolute atomic E-state index is 0.165. The summed E-state index contributed by atoms with van der Waals surface area (Å²) in [5.74, 6) is 0.815. The number of hydrogen-bond acceptors (Lipinski definition) is 5. The highest BCUT2D eigenvalue weighted by molar-refractivity contribution is 9.10. The van der Waals surface area contributed by atoms with Crippen LogP contribution < -0.4 is 10.9 Å². The zero-order valence-electron chi connectivity index (χ0n) is 13.2. The Labute approximate surface area is 150 Å². The number of aromatic nitrogens is 4. The number of hydrogen-bond donors (Lipinski definition) is 2. The minimum Gasteiger partial charge on any atom is -0.444 e. The summed E-state index contributed by atoms with van der Waals surface area (Å²) in [7, 11) is 0. The van der Waals surface area contributed by atoms with E-state index in [1.807, 2.05) is 0 Å². The van der Waals surface area contributed by atoms with Crippen molar-refractivity contribution >= 4 is 27.7 Å². The fourth-order valence-electron chi connectivity index (χ4n) is 2.51. The first-order chi connectivity index (χ1) is 12.0. The van der Waals surface area contributed by atoms with Crippen molar-refractivity contribution in [3.63, 3.8) is 0 Å². The van der Waals surface area contributed by atoms with Crippen LogP contribution >= 0.6 is 15.9 Å². The third kappa shape index (κ3) is 3.27. The van der Waals surface area contributed by atoms with Crippen molar-refractivity contribution < 1.29 is 9.21 Å². The molecule has 0 atom stereocenters. The molecule has 0 radical (unpaired) electrons. The zero-order valence-corrected chi connectivity index (χ0v) is 14.8. The Morgan fingerprint density at radius 3 is 2.84 bits per heavy atom. The Balaban J connectivity index is 1.73. The Morgan fingerprint density at radius 1 is 1.40 bits per heavy atom. The summed E-state index contributed by atoms with van der Waals surface area (Å²) >= 11 is 3.17. The number of H-pyrrole nitrogens is 1. The highest BCUT2D eigenvalue weighted by atomic mass is 79.9. The quantitative estimate of drug-likeness (QED) is 0.696. The van der Waals surface area contributed by atoms with Gasteiger partial charge in [0.1, 0.15) is 5.82 Å². The van der Waals surface area contributed by atoms with Gasteiger partial charge in [-0.2, -0.15) is 9.78 Å². The maximum absolute atomic E-state index is 12.4. The summed E-state index contributed by atoms with van der Waals surface area (Å²) in [4.78, 5) is 31.1. The van der Waals surface area contributed by atoms with Crippen LogP contribution in [0, 0.1) is 6.92 Å². The molecule has 8 nitrogen and oxygen atoms in total. The lowest BCUT2D eigenvalue weighted by atomic mass is 10.3. The molecule has 1 fully saturated rings. The second-order valence-corrected chi connectivity index (χ2v) is 6.69. The summed E-state index contributed by atoms with van der Waals surface area (Å²) in [5, 5.41) is 7.27. The zero-order chi connectivity index (χ0) is 17.6. The van der Waals surface area contributed by atoms with Gasteiger partial charge in [0, 0.05) is 23.7 Å². The van der Waals surface area contributed by atoms with Crippen LogP contribution in [0.15, 0.2) is 38.1 Å². The van der Waals surface area contributed by atoms with Crippen molar-refractivity contribution in [2.45, 2.75) is 25.7 Å². The van der Waals surface area contributed by atoms with Crippen molar-refractivity contribution in [3.8, 4) is 5.95 Å². The van der Waals surface area contributed by atoms with Gasteiger partial charge in [0.2, 0.25) is 5.95 Å². The standard InChI is InChI=1S/C16H14BrN5O3/c1-8-6-14(23)20-16(18-8)22-13(7-10(21-22)9-2-3-9)19-15(24)11-4-5-12(17)25-11/h4-7,9H,2-3H2,1H3,(H,19,24)(H,18,20,23). The number of anilines is 1. The average molecular weight is 404 g/mol. The average Bonchev–Trinajstić information content (AvgIpc) is 3.17. The molecule has 3 aromatic heterocycles. The molecule has 1 aliphatic carbocycles. The van der Waals surface area contributed by atoms with Gasteiger partial charge >= 0.3 is 0 Å². The van der Waals surface area contributed by atoms with Crippen LogP contribution in [-0.2, 0) is 0 Å². The third-order valence-corrected chi connectivity index (χ3v) is 4.25. The van der Waals surface area contributed by atoms with Gasteiger partial charge < -0.3 is 9.73 Å². The Hall–Kier alpha value is -2.68. The van der Waals surface area contributed by atoms with E-state index in [2.05, 4.69) is 36.3 Å². The van der Waals surface area contributed by atoms with E-state index in [1.54, 1.807) is 25.1 Å². The highest BCUT2D eigenvalue weighted by Crippen LogP contribution is 2.40. The molecule has 3 heterocycles. The van der Waals surface area contributed by atoms with Crippen LogP contribution in [0.5, 0.6) is 0 Å². The van der Waals surface area contributed by atoms with E-state index < -0.39 is 5.91 Å². The van der Waals surface area contributed by atoms with Crippen molar-refractivity contribution in [1.82, 2.24) is 19.7 Å². The predicted molar refractivity (Wildman–Crippen MR) is 93.1 cm³/mol. The summed E-state index contributed by atoms with van der Waals surface area (Å²) in [6.07, 6.45) is 2.13. The molecular formula is C16H14BrN5O3. The van der Waals surface area contributed by atoms with Crippen molar-refractivity contribution in [2.75, 3.05) is 5.32 Å². The largest absolute Gasteiger partial charge is 0.444 e. The number of aryl methyl sites for hydroxylation is 1. The summed E-state index contributed by atoms with van der Waals surface area (Å²) in [5.41, 5.74) is 1.15. The van der Waals surface area contributed by atoms with E-state index in [0.717, 1.165) is 18.5 Å². The van der Waals surface area contributed by atoms with Crippen molar-refractivity contribution in [1.29, 1.82) is 0 Å². The highest BCUT2D eigenvalue weighted by Gasteiger charge is 2.28. The van der Waals surface area contributed by atoms with Gasteiger partial charge in [0.25, 0.3) is 11.5 Å². The molecule has 0 bridgehead atoms. The molecule has 0 spiro atoms. The van der Waals surface area contributed by atoms with Gasteiger partial charge in [-0.25, -0.2) is 4.98 Å². The third-order valence-electron chi connectivity index (χ3n) is 3.82. The molecule has 2 N–H and O–H groups in total. The summed E-state index contributed by atoms with van der Waals surface area (Å²) in [6.45, 7) is 1.72. The van der Waals surface area contributed by atoms with E-state index in [0.29, 0.717) is 22.1 Å². The van der Waals surface area contributed by atoms with Crippen LogP contribution in [0.4, 0.5) is 5.82 Å². The number of carbonyl (C=O) groups is 1. The Morgan fingerprint density at radius 2 is 2.20 bits per heavy atom. The molecular weight excluding hydrogens is 390 g/mol. The van der Waals surface area contributed by atoms with E-state index >= 15 is 0 Å². The molecule has 3 aromatic rings.